The number of aryl methyl sites for hydroxylation is 1. The van der Waals surface area contributed by atoms with Crippen molar-refractivity contribution in [3.8, 4) is 16.9 Å². The lowest BCUT2D eigenvalue weighted by atomic mass is 9.84. The predicted molar refractivity (Wildman–Crippen MR) is 147 cm³/mol. The van der Waals surface area contributed by atoms with E-state index >= 15 is 0 Å². The minimum absolute atomic E-state index is 0.280. The molecule has 0 radical (unpaired) electrons. The van der Waals surface area contributed by atoms with Crippen LogP contribution in [0.15, 0.2) is 48.8 Å². The molecule has 1 aliphatic heterocycles. The van der Waals surface area contributed by atoms with E-state index < -0.39 is 0 Å². The summed E-state index contributed by atoms with van der Waals surface area (Å²) < 4.78 is 5.52. The molecular weight excluding hydrogens is 478 g/mol. The fourth-order valence-electron chi connectivity index (χ4n) is 5.23. The molecule has 4 heterocycles. The highest BCUT2D eigenvalue weighted by atomic mass is 16.5. The maximum Gasteiger partial charge on any atom is 0.225 e. The Kier molecular flexibility index (Phi) is 6.68. The standard InChI is InChI=1S/C29H33N7O2/c1-19-14-23(26(38-2)17-31-19)22-6-7-24-25(16-22)33-29(32-24)34-27-15-20(8-9-30-27)18-35-10-12-36(13-11-35)28(37)21-4-3-5-21/h6-9,14-17,21H,3-5,10-13,18H2,1-2H3,(H2,30,32,33,34). The zero-order chi connectivity index (χ0) is 26.1. The lowest BCUT2D eigenvalue weighted by molar-refractivity contribution is -0.140. The van der Waals surface area contributed by atoms with Gasteiger partial charge >= 0.3 is 0 Å². The van der Waals surface area contributed by atoms with E-state index in [1.165, 1.54) is 12.0 Å². The Labute approximate surface area is 222 Å². The molecule has 1 aromatic carbocycles. The van der Waals surface area contributed by atoms with Crippen molar-refractivity contribution < 1.29 is 9.53 Å². The predicted octanol–water partition coefficient (Wildman–Crippen LogP) is 4.52. The second-order valence-electron chi connectivity index (χ2n) is 10.2. The number of aromatic amines is 1. The number of hydrogen-bond donors (Lipinski definition) is 2. The first kappa shape index (κ1) is 24.4. The number of nitrogens with zero attached hydrogens (tertiary/aromatic N) is 5. The van der Waals surface area contributed by atoms with Crippen LogP contribution in [0.2, 0.25) is 0 Å². The third-order valence-corrected chi connectivity index (χ3v) is 7.63. The lowest BCUT2D eigenvalue weighted by Crippen LogP contribution is -2.50. The Morgan fingerprint density at radius 1 is 1.11 bits per heavy atom. The number of fused-ring (bicyclic) bond motifs is 1. The van der Waals surface area contributed by atoms with E-state index in [-0.39, 0.29) is 5.92 Å². The van der Waals surface area contributed by atoms with Crippen molar-refractivity contribution in [2.75, 3.05) is 38.6 Å². The number of ether oxygens (including phenoxy) is 1. The van der Waals surface area contributed by atoms with Gasteiger partial charge in [-0.05, 0) is 61.2 Å². The molecular formula is C29H33N7O2. The molecule has 4 aromatic rings. The van der Waals surface area contributed by atoms with Gasteiger partial charge in [0.05, 0.1) is 24.3 Å². The van der Waals surface area contributed by atoms with Crippen LogP contribution < -0.4 is 10.1 Å². The van der Waals surface area contributed by atoms with E-state index in [1.54, 1.807) is 13.3 Å². The number of rotatable bonds is 7. The van der Waals surface area contributed by atoms with Crippen LogP contribution >= 0.6 is 0 Å². The third-order valence-electron chi connectivity index (χ3n) is 7.63. The molecule has 6 rings (SSSR count). The fourth-order valence-corrected chi connectivity index (χ4v) is 5.23. The second kappa shape index (κ2) is 10.4. The average Bonchev–Trinajstić information content (AvgIpc) is 3.29. The van der Waals surface area contributed by atoms with E-state index in [2.05, 4.69) is 42.2 Å². The highest BCUT2D eigenvalue weighted by molar-refractivity contribution is 5.85. The number of hydrogen-bond acceptors (Lipinski definition) is 7. The molecule has 1 saturated heterocycles. The van der Waals surface area contributed by atoms with Gasteiger partial charge in [0.15, 0.2) is 0 Å². The summed E-state index contributed by atoms with van der Waals surface area (Å²) in [6.45, 7) is 6.24. The number of benzene rings is 1. The molecule has 2 N–H and O–H groups in total. The van der Waals surface area contributed by atoms with Crippen LogP contribution in [-0.2, 0) is 11.3 Å². The number of nitrogens with one attached hydrogen (secondary N) is 2. The van der Waals surface area contributed by atoms with Crippen molar-refractivity contribution in [2.45, 2.75) is 32.7 Å². The smallest absolute Gasteiger partial charge is 0.225 e. The number of carbonyl (C=O) groups excluding carboxylic acids is 1. The summed E-state index contributed by atoms with van der Waals surface area (Å²) in [6.07, 6.45) is 6.91. The Morgan fingerprint density at radius 3 is 2.71 bits per heavy atom. The molecule has 0 atom stereocenters. The summed E-state index contributed by atoms with van der Waals surface area (Å²) in [5, 5.41) is 3.33. The molecule has 0 bridgehead atoms. The molecule has 2 aliphatic rings. The normalized spacial score (nSPS) is 16.4. The molecule has 38 heavy (non-hydrogen) atoms. The highest BCUT2D eigenvalue weighted by Crippen LogP contribution is 2.32. The number of methoxy groups -OCH3 is 1. The molecule has 0 unspecified atom stereocenters. The lowest BCUT2D eigenvalue weighted by Gasteiger charge is -2.38. The first-order valence-electron chi connectivity index (χ1n) is 13.3. The third kappa shape index (κ3) is 5.06. The van der Waals surface area contributed by atoms with Crippen LogP contribution in [0.5, 0.6) is 5.75 Å². The van der Waals surface area contributed by atoms with E-state index in [4.69, 9.17) is 9.72 Å². The van der Waals surface area contributed by atoms with Gasteiger partial charge in [-0.1, -0.05) is 12.5 Å². The average molecular weight is 512 g/mol. The summed E-state index contributed by atoms with van der Waals surface area (Å²) >= 11 is 0. The fraction of sp³-hybridized carbons (Fsp3) is 0.379. The summed E-state index contributed by atoms with van der Waals surface area (Å²) in [5.41, 5.74) is 5.93. The minimum Gasteiger partial charge on any atom is -0.494 e. The minimum atomic E-state index is 0.280. The Bertz CT molecular complexity index is 1450. The van der Waals surface area contributed by atoms with Crippen LogP contribution in [0.1, 0.15) is 30.5 Å². The van der Waals surface area contributed by atoms with Crippen LogP contribution in [0.25, 0.3) is 22.2 Å². The zero-order valence-corrected chi connectivity index (χ0v) is 21.9. The van der Waals surface area contributed by atoms with Gasteiger partial charge in [0, 0.05) is 56.1 Å². The van der Waals surface area contributed by atoms with Crippen molar-refractivity contribution >= 4 is 28.7 Å². The van der Waals surface area contributed by atoms with Crippen LogP contribution in [0.3, 0.4) is 0 Å². The molecule has 1 saturated carbocycles. The number of carbonyl (C=O) groups is 1. The molecule has 1 amide bonds. The van der Waals surface area contributed by atoms with Crippen molar-refractivity contribution in [3.63, 3.8) is 0 Å². The summed E-state index contributed by atoms with van der Waals surface area (Å²) in [6, 6.07) is 12.3. The first-order valence-corrected chi connectivity index (χ1v) is 13.3. The number of aromatic nitrogens is 4. The summed E-state index contributed by atoms with van der Waals surface area (Å²) in [7, 11) is 1.66. The largest absolute Gasteiger partial charge is 0.494 e. The molecule has 1 aliphatic carbocycles. The van der Waals surface area contributed by atoms with E-state index in [1.807, 2.05) is 37.4 Å². The van der Waals surface area contributed by atoms with Gasteiger partial charge in [0.1, 0.15) is 11.6 Å². The number of amides is 1. The Balaban J connectivity index is 1.11. The van der Waals surface area contributed by atoms with Gasteiger partial charge in [-0.15, -0.1) is 0 Å². The van der Waals surface area contributed by atoms with Gasteiger partial charge in [-0.25, -0.2) is 9.97 Å². The monoisotopic (exact) mass is 511 g/mol. The van der Waals surface area contributed by atoms with Crippen molar-refractivity contribution in [1.29, 1.82) is 0 Å². The van der Waals surface area contributed by atoms with Crippen LogP contribution in [0, 0.1) is 12.8 Å². The molecule has 2 fully saturated rings. The topological polar surface area (TPSA) is 99.3 Å². The summed E-state index contributed by atoms with van der Waals surface area (Å²) in [5.74, 6) is 2.76. The van der Waals surface area contributed by atoms with Crippen LogP contribution in [-0.4, -0.2) is 68.9 Å². The molecule has 9 heteroatoms. The molecule has 196 valence electrons. The van der Waals surface area contributed by atoms with Gasteiger partial charge in [0.25, 0.3) is 0 Å². The molecule has 3 aromatic heterocycles. The van der Waals surface area contributed by atoms with E-state index in [0.717, 1.165) is 85.0 Å². The molecule has 0 spiro atoms. The number of piperazine rings is 1. The maximum atomic E-state index is 12.5. The van der Waals surface area contributed by atoms with Gasteiger partial charge < -0.3 is 19.9 Å². The van der Waals surface area contributed by atoms with Crippen molar-refractivity contribution in [2.24, 2.45) is 5.92 Å². The zero-order valence-electron chi connectivity index (χ0n) is 21.9. The maximum absolute atomic E-state index is 12.5. The van der Waals surface area contributed by atoms with Crippen molar-refractivity contribution in [3.05, 3.63) is 60.0 Å². The van der Waals surface area contributed by atoms with Gasteiger partial charge in [-0.3, -0.25) is 14.7 Å². The Morgan fingerprint density at radius 2 is 1.95 bits per heavy atom. The second-order valence-corrected chi connectivity index (χ2v) is 10.2. The summed E-state index contributed by atoms with van der Waals surface area (Å²) in [4.78, 5) is 33.9. The van der Waals surface area contributed by atoms with Crippen LogP contribution in [0.4, 0.5) is 11.8 Å². The van der Waals surface area contributed by atoms with E-state index in [0.29, 0.717) is 11.9 Å². The number of H-pyrrole nitrogens is 1. The van der Waals surface area contributed by atoms with E-state index in [9.17, 15) is 4.79 Å². The quantitative estimate of drug-likeness (QED) is 0.376. The van der Waals surface area contributed by atoms with Gasteiger partial charge in [-0.2, -0.15) is 0 Å². The first-order chi connectivity index (χ1) is 18.6. The van der Waals surface area contributed by atoms with Gasteiger partial charge in [0.2, 0.25) is 11.9 Å². The number of anilines is 2. The number of imidazole rings is 1. The highest BCUT2D eigenvalue weighted by Gasteiger charge is 2.31. The number of pyridine rings is 2. The van der Waals surface area contributed by atoms with Crippen molar-refractivity contribution in [1.82, 2.24) is 29.7 Å². The SMILES string of the molecule is COc1cnc(C)cc1-c1ccc2nc(Nc3cc(CN4CCN(C(=O)C5CCC5)CC4)ccn3)[nH]c2c1. The molecule has 9 nitrogen and oxygen atoms in total. The Hall–Kier alpha value is -3.98.